The Balaban J connectivity index is 1.49. The van der Waals surface area contributed by atoms with Gasteiger partial charge in [0.05, 0.1) is 11.5 Å². The van der Waals surface area contributed by atoms with E-state index in [9.17, 15) is 9.59 Å². The second-order valence-electron chi connectivity index (χ2n) is 8.07. The minimum atomic E-state index is -1.12. The molecule has 0 aliphatic carbocycles. The zero-order chi connectivity index (χ0) is 25.3. The molecule has 1 saturated heterocycles. The number of nitrogens with zero attached hydrogens (tertiary/aromatic N) is 1. The summed E-state index contributed by atoms with van der Waals surface area (Å²) in [5.41, 5.74) is 2.95. The summed E-state index contributed by atoms with van der Waals surface area (Å²) in [6, 6.07) is 25.5. The van der Waals surface area contributed by atoms with Crippen LogP contribution in [0.1, 0.15) is 23.1 Å². The zero-order valence-electron chi connectivity index (χ0n) is 19.5. The number of aryl methyl sites for hydroxylation is 1. The molecule has 0 atom stereocenters. The van der Waals surface area contributed by atoms with Gasteiger partial charge >= 0.3 is 5.97 Å². The second kappa shape index (κ2) is 12.4. The number of ether oxygens (including phenoxy) is 2. The molecule has 184 valence electrons. The maximum Gasteiger partial charge on any atom is 0.323 e. The van der Waals surface area contributed by atoms with Crippen LogP contribution in [-0.4, -0.2) is 39.4 Å². The number of carboxylic acids is 1. The molecule has 0 spiro atoms. The van der Waals surface area contributed by atoms with E-state index in [0.29, 0.717) is 35.2 Å². The maximum atomic E-state index is 12.7. The summed E-state index contributed by atoms with van der Waals surface area (Å²) in [4.78, 5) is 25.3. The molecule has 1 aliphatic heterocycles. The van der Waals surface area contributed by atoms with Gasteiger partial charge in [-0.1, -0.05) is 84.6 Å². The molecule has 8 heteroatoms. The highest BCUT2D eigenvalue weighted by atomic mass is 32.2. The van der Waals surface area contributed by atoms with Gasteiger partial charge in [-0.25, -0.2) is 0 Å². The standard InChI is InChI=1S/C28H25NO5S2/c30-26(31)18-29-27(32)25(36-28(29)35)16-22-13-14-23(33-15-7-12-20-8-3-1-4-9-20)17-24(22)34-19-21-10-5-2-6-11-21/h1-6,8-11,13-14,16-17H,7,12,15,18-19H2,(H,30,31)/b25-16-. The lowest BCUT2D eigenvalue weighted by Gasteiger charge is -2.13. The van der Waals surface area contributed by atoms with E-state index in [1.54, 1.807) is 6.08 Å². The van der Waals surface area contributed by atoms with E-state index >= 15 is 0 Å². The normalized spacial score (nSPS) is 14.3. The van der Waals surface area contributed by atoms with Crippen molar-refractivity contribution in [1.29, 1.82) is 0 Å². The van der Waals surface area contributed by atoms with Gasteiger partial charge in [-0.15, -0.1) is 0 Å². The molecule has 1 amide bonds. The largest absolute Gasteiger partial charge is 0.493 e. The van der Waals surface area contributed by atoms with E-state index < -0.39 is 18.4 Å². The fourth-order valence-corrected chi connectivity index (χ4v) is 4.85. The summed E-state index contributed by atoms with van der Waals surface area (Å²) in [5, 5.41) is 9.08. The van der Waals surface area contributed by atoms with Crippen molar-refractivity contribution in [2.24, 2.45) is 0 Å². The van der Waals surface area contributed by atoms with E-state index in [-0.39, 0.29) is 4.32 Å². The van der Waals surface area contributed by atoms with E-state index in [1.807, 2.05) is 66.7 Å². The number of benzene rings is 3. The lowest BCUT2D eigenvalue weighted by Crippen LogP contribution is -2.33. The minimum Gasteiger partial charge on any atom is -0.493 e. The summed E-state index contributed by atoms with van der Waals surface area (Å²) in [6.07, 6.45) is 3.48. The lowest BCUT2D eigenvalue weighted by atomic mass is 10.1. The van der Waals surface area contributed by atoms with Gasteiger partial charge in [0.25, 0.3) is 5.91 Å². The van der Waals surface area contributed by atoms with Crippen LogP contribution >= 0.6 is 24.0 Å². The molecular formula is C28H25NO5S2. The number of amides is 1. The predicted octanol–water partition coefficient (Wildman–Crippen LogP) is 5.56. The third-order valence-corrected chi connectivity index (χ3v) is 6.77. The van der Waals surface area contributed by atoms with Gasteiger partial charge in [-0.3, -0.25) is 14.5 Å². The van der Waals surface area contributed by atoms with Crippen molar-refractivity contribution in [2.45, 2.75) is 19.4 Å². The molecule has 0 aromatic heterocycles. The summed E-state index contributed by atoms with van der Waals surface area (Å²) in [7, 11) is 0. The van der Waals surface area contributed by atoms with Crippen LogP contribution in [0.2, 0.25) is 0 Å². The first kappa shape index (κ1) is 25.5. The Morgan fingerprint density at radius 1 is 0.972 bits per heavy atom. The van der Waals surface area contributed by atoms with Crippen molar-refractivity contribution in [3.05, 3.63) is 100 Å². The molecule has 0 radical (unpaired) electrons. The monoisotopic (exact) mass is 519 g/mol. The van der Waals surface area contributed by atoms with Crippen LogP contribution in [-0.2, 0) is 22.6 Å². The fraction of sp³-hybridized carbons (Fsp3) is 0.179. The number of carboxylic acid groups (broad SMARTS) is 1. The average Bonchev–Trinajstić information content (AvgIpc) is 3.14. The Morgan fingerprint density at radius 2 is 1.67 bits per heavy atom. The molecule has 0 bridgehead atoms. The van der Waals surface area contributed by atoms with Crippen LogP contribution < -0.4 is 9.47 Å². The molecule has 1 heterocycles. The highest BCUT2D eigenvalue weighted by Crippen LogP contribution is 2.35. The Bertz CT molecular complexity index is 1260. The average molecular weight is 520 g/mol. The number of thioether (sulfide) groups is 1. The fourth-order valence-electron chi connectivity index (χ4n) is 3.61. The Labute approximate surface area is 219 Å². The van der Waals surface area contributed by atoms with Gasteiger partial charge in [-0.05, 0) is 42.2 Å². The quantitative estimate of drug-likeness (QED) is 0.202. The van der Waals surface area contributed by atoms with Crippen LogP contribution in [0.5, 0.6) is 11.5 Å². The molecule has 36 heavy (non-hydrogen) atoms. The SMILES string of the molecule is O=C(O)CN1C(=O)/C(=C/c2ccc(OCCCc3ccccc3)cc2OCc2ccccc2)SC1=S. The van der Waals surface area contributed by atoms with Crippen LogP contribution in [0.4, 0.5) is 0 Å². The number of carbonyl (C=O) groups is 2. The van der Waals surface area contributed by atoms with E-state index in [1.165, 1.54) is 5.56 Å². The van der Waals surface area contributed by atoms with Gasteiger partial charge in [0, 0.05) is 11.6 Å². The third-order valence-electron chi connectivity index (χ3n) is 5.40. The van der Waals surface area contributed by atoms with E-state index in [2.05, 4.69) is 12.1 Å². The molecule has 0 unspecified atom stereocenters. The number of carbonyl (C=O) groups excluding carboxylic acids is 1. The summed E-state index contributed by atoms with van der Waals surface area (Å²) < 4.78 is 12.3. The number of hydrogen-bond acceptors (Lipinski definition) is 6. The van der Waals surface area contributed by atoms with Gasteiger partial charge in [0.1, 0.15) is 29.0 Å². The smallest absolute Gasteiger partial charge is 0.323 e. The van der Waals surface area contributed by atoms with Crippen LogP contribution in [0.25, 0.3) is 6.08 Å². The Hall–Kier alpha value is -3.62. The third kappa shape index (κ3) is 6.96. The lowest BCUT2D eigenvalue weighted by molar-refractivity contribution is -0.140. The first-order valence-corrected chi connectivity index (χ1v) is 12.7. The van der Waals surface area contributed by atoms with Crippen molar-refractivity contribution >= 4 is 46.3 Å². The second-order valence-corrected chi connectivity index (χ2v) is 9.75. The molecule has 1 N–H and O–H groups in total. The van der Waals surface area contributed by atoms with Crippen LogP contribution in [0.3, 0.4) is 0 Å². The first-order chi connectivity index (χ1) is 17.5. The highest BCUT2D eigenvalue weighted by Gasteiger charge is 2.33. The van der Waals surface area contributed by atoms with Gasteiger partial charge in [0.15, 0.2) is 0 Å². The highest BCUT2D eigenvalue weighted by molar-refractivity contribution is 8.26. The topological polar surface area (TPSA) is 76.1 Å². The summed E-state index contributed by atoms with van der Waals surface area (Å²) in [6.45, 7) is 0.439. The Kier molecular flexibility index (Phi) is 8.76. The minimum absolute atomic E-state index is 0.221. The number of rotatable bonds is 11. The van der Waals surface area contributed by atoms with Gasteiger partial charge in [-0.2, -0.15) is 0 Å². The van der Waals surface area contributed by atoms with Crippen LogP contribution in [0.15, 0.2) is 83.8 Å². The molecule has 0 saturated carbocycles. The molecule has 1 aliphatic rings. The predicted molar refractivity (Wildman–Crippen MR) is 145 cm³/mol. The van der Waals surface area contributed by atoms with Crippen molar-refractivity contribution < 1.29 is 24.2 Å². The zero-order valence-corrected chi connectivity index (χ0v) is 21.1. The maximum absolute atomic E-state index is 12.7. The van der Waals surface area contributed by atoms with Crippen molar-refractivity contribution in [3.63, 3.8) is 0 Å². The first-order valence-electron chi connectivity index (χ1n) is 11.4. The van der Waals surface area contributed by atoms with E-state index in [0.717, 1.165) is 35.1 Å². The molecule has 3 aromatic carbocycles. The van der Waals surface area contributed by atoms with E-state index in [4.69, 9.17) is 26.8 Å². The summed E-state index contributed by atoms with van der Waals surface area (Å²) in [5.74, 6) is -0.319. The molecule has 1 fully saturated rings. The molecular weight excluding hydrogens is 494 g/mol. The Morgan fingerprint density at radius 3 is 2.36 bits per heavy atom. The van der Waals surface area contributed by atoms with Crippen molar-refractivity contribution in [2.75, 3.05) is 13.2 Å². The number of aliphatic carboxylic acids is 1. The summed E-state index contributed by atoms with van der Waals surface area (Å²) >= 11 is 6.28. The molecule has 4 rings (SSSR count). The van der Waals surface area contributed by atoms with Gasteiger partial charge < -0.3 is 14.6 Å². The molecule has 6 nitrogen and oxygen atoms in total. The van der Waals surface area contributed by atoms with Crippen molar-refractivity contribution in [1.82, 2.24) is 4.90 Å². The number of hydrogen-bond donors (Lipinski definition) is 1. The van der Waals surface area contributed by atoms with Crippen molar-refractivity contribution in [3.8, 4) is 11.5 Å². The van der Waals surface area contributed by atoms with Gasteiger partial charge in [0.2, 0.25) is 0 Å². The molecule has 3 aromatic rings. The number of thiocarbonyl (C=S) groups is 1. The van der Waals surface area contributed by atoms with Crippen LogP contribution in [0, 0.1) is 0 Å².